The molecule has 0 spiro atoms. The van der Waals surface area contributed by atoms with Crippen LogP contribution in [-0.4, -0.2) is 58.9 Å². The zero-order chi connectivity index (χ0) is 20.7. The van der Waals surface area contributed by atoms with Gasteiger partial charge in [0, 0.05) is 31.2 Å². The Hall–Kier alpha value is -2.83. The van der Waals surface area contributed by atoms with Crippen LogP contribution in [0.25, 0.3) is 16.8 Å². The second kappa shape index (κ2) is 7.78. The van der Waals surface area contributed by atoms with Crippen LogP contribution in [0, 0.1) is 0 Å². The second-order valence-electron chi connectivity index (χ2n) is 7.83. The number of halogens is 1. The third-order valence-corrected chi connectivity index (χ3v) is 6.10. The number of benzene rings is 2. The van der Waals surface area contributed by atoms with E-state index in [2.05, 4.69) is 24.1 Å². The molecule has 2 heterocycles. The average Bonchev–Trinajstić information content (AvgIpc) is 3.13. The SMILES string of the molecule is CN1CCN(C(=O)Oc2c3c(nn2-c2ccc(Cl)cc2)CCc2ccccc2-3)CC1. The van der Waals surface area contributed by atoms with E-state index in [1.54, 1.807) is 9.58 Å². The molecule has 30 heavy (non-hydrogen) atoms. The predicted molar refractivity (Wildman–Crippen MR) is 117 cm³/mol. The normalized spacial score (nSPS) is 16.1. The van der Waals surface area contributed by atoms with Gasteiger partial charge in [0.15, 0.2) is 0 Å². The molecule has 1 amide bonds. The summed E-state index contributed by atoms with van der Waals surface area (Å²) in [6.07, 6.45) is 1.41. The summed E-state index contributed by atoms with van der Waals surface area (Å²) in [5.74, 6) is 0.475. The number of ether oxygens (including phenoxy) is 1. The first-order valence-corrected chi connectivity index (χ1v) is 10.6. The van der Waals surface area contributed by atoms with E-state index in [0.717, 1.165) is 48.4 Å². The Morgan fingerprint density at radius 2 is 1.73 bits per heavy atom. The number of hydrogen-bond acceptors (Lipinski definition) is 4. The molecular formula is C23H23ClN4O2. The molecular weight excluding hydrogens is 400 g/mol. The van der Waals surface area contributed by atoms with Crippen LogP contribution in [0.15, 0.2) is 48.5 Å². The Kier molecular flexibility index (Phi) is 4.97. The van der Waals surface area contributed by atoms with Gasteiger partial charge in [0.25, 0.3) is 0 Å². The van der Waals surface area contributed by atoms with Crippen LogP contribution in [-0.2, 0) is 12.8 Å². The summed E-state index contributed by atoms with van der Waals surface area (Å²) in [7, 11) is 2.06. The lowest BCUT2D eigenvalue weighted by atomic mass is 9.90. The van der Waals surface area contributed by atoms with Gasteiger partial charge in [0.1, 0.15) is 0 Å². The summed E-state index contributed by atoms with van der Waals surface area (Å²) in [6.45, 7) is 2.99. The van der Waals surface area contributed by atoms with Crippen molar-refractivity contribution < 1.29 is 9.53 Å². The largest absolute Gasteiger partial charge is 0.416 e. The van der Waals surface area contributed by atoms with Crippen molar-refractivity contribution in [3.05, 3.63) is 64.8 Å². The van der Waals surface area contributed by atoms with Gasteiger partial charge < -0.3 is 14.5 Å². The number of likely N-dealkylation sites (N-methyl/N-ethyl adjacent to an activating group) is 1. The number of carbonyl (C=O) groups is 1. The van der Waals surface area contributed by atoms with Gasteiger partial charge in [-0.3, -0.25) is 0 Å². The van der Waals surface area contributed by atoms with E-state index in [-0.39, 0.29) is 6.09 Å². The number of hydrogen-bond donors (Lipinski definition) is 0. The fraction of sp³-hybridized carbons (Fsp3) is 0.304. The van der Waals surface area contributed by atoms with Gasteiger partial charge in [-0.2, -0.15) is 9.78 Å². The monoisotopic (exact) mass is 422 g/mol. The number of piperazine rings is 1. The van der Waals surface area contributed by atoms with E-state index in [0.29, 0.717) is 24.0 Å². The van der Waals surface area contributed by atoms with Gasteiger partial charge in [-0.15, -0.1) is 0 Å². The van der Waals surface area contributed by atoms with Crippen LogP contribution < -0.4 is 4.74 Å². The van der Waals surface area contributed by atoms with E-state index in [4.69, 9.17) is 21.4 Å². The summed E-state index contributed by atoms with van der Waals surface area (Å²) < 4.78 is 7.77. The van der Waals surface area contributed by atoms with Crippen molar-refractivity contribution in [1.29, 1.82) is 0 Å². The highest BCUT2D eigenvalue weighted by Gasteiger charge is 2.30. The van der Waals surface area contributed by atoms with Crippen LogP contribution in [0.2, 0.25) is 5.02 Å². The lowest BCUT2D eigenvalue weighted by Gasteiger charge is -2.31. The summed E-state index contributed by atoms with van der Waals surface area (Å²) in [5.41, 5.74) is 5.00. The van der Waals surface area contributed by atoms with Crippen molar-refractivity contribution in [3.8, 4) is 22.7 Å². The molecule has 1 aliphatic heterocycles. The lowest BCUT2D eigenvalue weighted by molar-refractivity contribution is 0.118. The van der Waals surface area contributed by atoms with Crippen molar-refractivity contribution in [2.45, 2.75) is 12.8 Å². The van der Waals surface area contributed by atoms with E-state index < -0.39 is 0 Å². The minimum absolute atomic E-state index is 0.330. The van der Waals surface area contributed by atoms with Gasteiger partial charge in [-0.1, -0.05) is 35.9 Å². The third kappa shape index (κ3) is 3.46. The first-order valence-electron chi connectivity index (χ1n) is 10.2. The van der Waals surface area contributed by atoms with Crippen LogP contribution in [0.5, 0.6) is 5.88 Å². The zero-order valence-corrected chi connectivity index (χ0v) is 17.6. The molecule has 0 bridgehead atoms. The highest BCUT2D eigenvalue weighted by Crippen LogP contribution is 2.41. The molecule has 3 aromatic rings. The Bertz CT molecular complexity index is 1090. The van der Waals surface area contributed by atoms with Gasteiger partial charge in [-0.05, 0) is 55.3 Å². The standard InChI is InChI=1S/C23H23ClN4O2/c1-26-12-14-27(15-13-26)23(29)30-22-21-19-5-3-2-4-16(19)6-11-20(21)25-28(22)18-9-7-17(24)8-10-18/h2-5,7-10H,6,11-15H2,1H3. The van der Waals surface area contributed by atoms with E-state index in [9.17, 15) is 4.79 Å². The summed E-state index contributed by atoms with van der Waals surface area (Å²) in [5, 5.41) is 5.48. The fourth-order valence-electron chi connectivity index (χ4n) is 4.11. The fourth-order valence-corrected chi connectivity index (χ4v) is 4.24. The maximum atomic E-state index is 13.0. The smallest absolute Gasteiger partial charge is 0.390 e. The van der Waals surface area contributed by atoms with Gasteiger partial charge >= 0.3 is 6.09 Å². The number of rotatable bonds is 2. The van der Waals surface area contributed by atoms with E-state index in [1.807, 2.05) is 36.4 Å². The lowest BCUT2D eigenvalue weighted by Crippen LogP contribution is -2.48. The number of aromatic nitrogens is 2. The Labute approximate surface area is 180 Å². The van der Waals surface area contributed by atoms with Gasteiger partial charge in [-0.25, -0.2) is 4.79 Å². The highest BCUT2D eigenvalue weighted by atomic mass is 35.5. The quantitative estimate of drug-likeness (QED) is 0.625. The summed E-state index contributed by atoms with van der Waals surface area (Å²) >= 11 is 6.08. The molecule has 0 N–H and O–H groups in total. The van der Waals surface area contributed by atoms with Crippen LogP contribution in [0.1, 0.15) is 11.3 Å². The number of carbonyl (C=O) groups excluding carboxylic acids is 1. The summed E-state index contributed by atoms with van der Waals surface area (Å²) in [4.78, 5) is 17.0. The topological polar surface area (TPSA) is 50.6 Å². The van der Waals surface area contributed by atoms with Crippen LogP contribution in [0.3, 0.4) is 0 Å². The number of fused-ring (bicyclic) bond motifs is 3. The Morgan fingerprint density at radius 1 is 1.00 bits per heavy atom. The molecule has 154 valence electrons. The molecule has 0 saturated carbocycles. The third-order valence-electron chi connectivity index (χ3n) is 5.85. The van der Waals surface area contributed by atoms with Crippen molar-refractivity contribution in [2.24, 2.45) is 0 Å². The summed E-state index contributed by atoms with van der Waals surface area (Å²) in [6, 6.07) is 15.7. The molecule has 5 rings (SSSR count). The molecule has 0 atom stereocenters. The molecule has 0 radical (unpaired) electrons. The molecule has 2 aliphatic rings. The van der Waals surface area contributed by atoms with Gasteiger partial charge in [0.05, 0.1) is 16.9 Å². The number of nitrogens with zero attached hydrogens (tertiary/aromatic N) is 4. The molecule has 0 unspecified atom stereocenters. The minimum Gasteiger partial charge on any atom is -0.390 e. The van der Waals surface area contributed by atoms with Crippen LogP contribution >= 0.6 is 11.6 Å². The number of amides is 1. The first-order chi connectivity index (χ1) is 14.6. The molecule has 7 heteroatoms. The molecule has 1 aliphatic carbocycles. The van der Waals surface area contributed by atoms with E-state index in [1.165, 1.54) is 5.56 Å². The molecule has 1 aromatic heterocycles. The van der Waals surface area contributed by atoms with Crippen molar-refractivity contribution in [3.63, 3.8) is 0 Å². The number of aryl methyl sites for hydroxylation is 2. The molecule has 1 saturated heterocycles. The van der Waals surface area contributed by atoms with E-state index >= 15 is 0 Å². The Balaban J connectivity index is 1.58. The van der Waals surface area contributed by atoms with Crippen molar-refractivity contribution in [2.75, 3.05) is 33.2 Å². The van der Waals surface area contributed by atoms with Crippen LogP contribution in [0.4, 0.5) is 4.79 Å². The zero-order valence-electron chi connectivity index (χ0n) is 16.8. The molecule has 2 aromatic carbocycles. The minimum atomic E-state index is -0.330. The average molecular weight is 423 g/mol. The maximum absolute atomic E-state index is 13.0. The van der Waals surface area contributed by atoms with Crippen molar-refractivity contribution in [1.82, 2.24) is 19.6 Å². The first kappa shape index (κ1) is 19.2. The molecule has 1 fully saturated rings. The Morgan fingerprint density at radius 3 is 2.50 bits per heavy atom. The highest BCUT2D eigenvalue weighted by molar-refractivity contribution is 6.30. The van der Waals surface area contributed by atoms with Gasteiger partial charge in [0.2, 0.25) is 5.88 Å². The van der Waals surface area contributed by atoms with Crippen molar-refractivity contribution >= 4 is 17.7 Å². The molecule has 6 nitrogen and oxygen atoms in total. The second-order valence-corrected chi connectivity index (χ2v) is 8.27. The predicted octanol–water partition coefficient (Wildman–Crippen LogP) is 4.04. The maximum Gasteiger partial charge on any atom is 0.416 e.